The van der Waals surface area contributed by atoms with Crippen LogP contribution in [0, 0.1) is 27.7 Å². The number of sulfonamides is 2. The molecule has 1 aliphatic heterocycles. The van der Waals surface area contributed by atoms with Gasteiger partial charge in [0.15, 0.2) is 0 Å². The number of fused-ring (bicyclic) bond motifs is 1. The lowest BCUT2D eigenvalue weighted by Gasteiger charge is -2.28. The van der Waals surface area contributed by atoms with Crippen LogP contribution in [-0.2, 0) is 33.0 Å². The summed E-state index contributed by atoms with van der Waals surface area (Å²) >= 11 is 0. The number of hydrogen-bond acceptors (Lipinski definition) is 4. The average molecular weight is 485 g/mol. The minimum Gasteiger partial charge on any atom is -0.280 e. The van der Waals surface area contributed by atoms with Crippen LogP contribution in [0.15, 0.2) is 64.4 Å². The number of anilines is 1. The zero-order valence-corrected chi connectivity index (χ0v) is 20.8. The van der Waals surface area contributed by atoms with Crippen LogP contribution in [-0.4, -0.2) is 27.7 Å². The molecule has 3 aromatic rings. The van der Waals surface area contributed by atoms with Gasteiger partial charge < -0.3 is 0 Å². The average Bonchev–Trinajstić information content (AvgIpc) is 2.77. The molecule has 0 aliphatic carbocycles. The second kappa shape index (κ2) is 8.59. The van der Waals surface area contributed by atoms with Crippen LogP contribution >= 0.6 is 0 Å². The van der Waals surface area contributed by atoms with Crippen LogP contribution in [0.4, 0.5) is 5.69 Å². The summed E-state index contributed by atoms with van der Waals surface area (Å²) < 4.78 is 56.9. The Bertz CT molecular complexity index is 1400. The number of aryl methyl sites for hydroxylation is 2. The quantitative estimate of drug-likeness (QED) is 0.579. The van der Waals surface area contributed by atoms with Gasteiger partial charge in [0.25, 0.3) is 10.0 Å². The van der Waals surface area contributed by atoms with E-state index in [9.17, 15) is 16.8 Å². The van der Waals surface area contributed by atoms with Gasteiger partial charge in [0.2, 0.25) is 10.0 Å². The topological polar surface area (TPSA) is 83.6 Å². The molecule has 0 spiro atoms. The van der Waals surface area contributed by atoms with Crippen molar-refractivity contribution in [3.05, 3.63) is 88.0 Å². The van der Waals surface area contributed by atoms with Crippen LogP contribution < -0.4 is 4.72 Å². The van der Waals surface area contributed by atoms with Crippen LogP contribution in [0.1, 0.15) is 33.4 Å². The molecule has 0 saturated carbocycles. The first-order chi connectivity index (χ1) is 15.5. The third-order valence-corrected chi connectivity index (χ3v) is 9.90. The number of rotatable bonds is 5. The number of benzene rings is 3. The van der Waals surface area contributed by atoms with Crippen LogP contribution in [0.3, 0.4) is 0 Å². The van der Waals surface area contributed by atoms with Crippen molar-refractivity contribution in [2.75, 3.05) is 11.3 Å². The lowest BCUT2D eigenvalue weighted by Crippen LogP contribution is -2.36. The van der Waals surface area contributed by atoms with Crippen LogP contribution in [0.2, 0.25) is 0 Å². The molecule has 1 heterocycles. The maximum Gasteiger partial charge on any atom is 0.262 e. The van der Waals surface area contributed by atoms with Gasteiger partial charge in [-0.05, 0) is 91.8 Å². The molecule has 1 N–H and O–H groups in total. The van der Waals surface area contributed by atoms with Crippen molar-refractivity contribution in [3.8, 4) is 0 Å². The third kappa shape index (κ3) is 4.43. The molecule has 3 aromatic carbocycles. The molecule has 0 bridgehead atoms. The summed E-state index contributed by atoms with van der Waals surface area (Å²) in [6.45, 7) is 8.02. The largest absolute Gasteiger partial charge is 0.280 e. The Morgan fingerprint density at radius 1 is 0.788 bits per heavy atom. The number of nitrogens with zero attached hydrogens (tertiary/aromatic N) is 1. The normalized spacial score (nSPS) is 14.7. The van der Waals surface area contributed by atoms with Crippen molar-refractivity contribution < 1.29 is 16.8 Å². The van der Waals surface area contributed by atoms with E-state index in [0.29, 0.717) is 23.5 Å². The molecular formula is C25H28N2O4S2. The van der Waals surface area contributed by atoms with Crippen molar-refractivity contribution in [2.24, 2.45) is 0 Å². The maximum absolute atomic E-state index is 13.3. The van der Waals surface area contributed by atoms with Gasteiger partial charge in [-0.2, -0.15) is 4.31 Å². The van der Waals surface area contributed by atoms with E-state index in [1.165, 1.54) is 4.31 Å². The Morgan fingerprint density at radius 3 is 2.06 bits per heavy atom. The fourth-order valence-corrected chi connectivity index (χ4v) is 7.44. The van der Waals surface area contributed by atoms with Gasteiger partial charge in [-0.15, -0.1) is 0 Å². The van der Waals surface area contributed by atoms with E-state index in [1.807, 2.05) is 39.8 Å². The summed E-state index contributed by atoms with van der Waals surface area (Å²) in [4.78, 5) is 0.553. The zero-order chi connectivity index (χ0) is 24.0. The Labute approximate surface area is 196 Å². The molecule has 1 aliphatic rings. The molecule has 6 nitrogen and oxygen atoms in total. The Kier molecular flexibility index (Phi) is 6.11. The van der Waals surface area contributed by atoms with Gasteiger partial charge in [-0.25, -0.2) is 16.8 Å². The molecule has 0 radical (unpaired) electrons. The molecule has 8 heteroatoms. The van der Waals surface area contributed by atoms with E-state index < -0.39 is 20.0 Å². The molecule has 0 aromatic heterocycles. The Morgan fingerprint density at radius 2 is 1.42 bits per heavy atom. The highest BCUT2D eigenvalue weighted by Gasteiger charge is 2.29. The maximum atomic E-state index is 13.3. The first kappa shape index (κ1) is 23.5. The standard InChI is InChI=1S/C25H28N2O4S2/c1-17-14-18(2)20(4)25(19(17)3)32(28,29)26-23-11-10-21-12-13-27(16-22(21)15-23)33(30,31)24-8-6-5-7-9-24/h5-11,14-15,26H,12-13,16H2,1-4H3. The van der Waals surface area contributed by atoms with E-state index >= 15 is 0 Å². The molecule has 0 saturated heterocycles. The highest BCUT2D eigenvalue weighted by atomic mass is 32.2. The highest BCUT2D eigenvalue weighted by Crippen LogP contribution is 2.30. The van der Waals surface area contributed by atoms with Crippen molar-refractivity contribution in [1.82, 2.24) is 4.31 Å². The summed E-state index contributed by atoms with van der Waals surface area (Å²) in [6, 6.07) is 15.7. The Balaban J connectivity index is 1.65. The number of nitrogens with one attached hydrogen (secondary N) is 1. The monoisotopic (exact) mass is 484 g/mol. The second-order valence-corrected chi connectivity index (χ2v) is 12.1. The lowest BCUT2D eigenvalue weighted by molar-refractivity contribution is 0.391. The van der Waals surface area contributed by atoms with Gasteiger partial charge in [0.05, 0.1) is 9.79 Å². The molecule has 4 rings (SSSR count). The zero-order valence-electron chi connectivity index (χ0n) is 19.2. The van der Waals surface area contributed by atoms with E-state index in [4.69, 9.17) is 0 Å². The van der Waals surface area contributed by atoms with Crippen LogP contribution in [0.5, 0.6) is 0 Å². The van der Waals surface area contributed by atoms with E-state index in [2.05, 4.69) is 4.72 Å². The van der Waals surface area contributed by atoms with Crippen molar-refractivity contribution in [1.29, 1.82) is 0 Å². The summed E-state index contributed by atoms with van der Waals surface area (Å²) in [5, 5.41) is 0. The van der Waals surface area contributed by atoms with Gasteiger partial charge in [-0.1, -0.05) is 30.3 Å². The minimum atomic E-state index is -3.81. The molecule has 0 fully saturated rings. The summed E-state index contributed by atoms with van der Waals surface area (Å²) in [5.41, 5.74) is 5.54. The summed E-state index contributed by atoms with van der Waals surface area (Å²) in [7, 11) is -7.43. The van der Waals surface area contributed by atoms with Gasteiger partial charge in [0.1, 0.15) is 0 Å². The minimum absolute atomic E-state index is 0.198. The molecule has 0 atom stereocenters. The molecule has 33 heavy (non-hydrogen) atoms. The summed E-state index contributed by atoms with van der Waals surface area (Å²) in [6.07, 6.45) is 0.573. The van der Waals surface area contributed by atoms with Crippen molar-refractivity contribution in [2.45, 2.75) is 50.5 Å². The molecular weight excluding hydrogens is 456 g/mol. The Hall–Kier alpha value is -2.68. The first-order valence-corrected chi connectivity index (χ1v) is 13.7. The molecule has 0 unspecified atom stereocenters. The van der Waals surface area contributed by atoms with Gasteiger partial charge in [0, 0.05) is 18.8 Å². The second-order valence-electron chi connectivity index (χ2n) is 8.58. The molecule has 0 amide bonds. The van der Waals surface area contributed by atoms with Crippen LogP contribution in [0.25, 0.3) is 0 Å². The predicted octanol–water partition coefficient (Wildman–Crippen LogP) is 4.47. The fraction of sp³-hybridized carbons (Fsp3) is 0.280. The first-order valence-electron chi connectivity index (χ1n) is 10.8. The fourth-order valence-electron chi connectivity index (χ4n) is 4.33. The summed E-state index contributed by atoms with van der Waals surface area (Å²) in [5.74, 6) is 0. The van der Waals surface area contributed by atoms with E-state index in [-0.39, 0.29) is 11.4 Å². The van der Waals surface area contributed by atoms with Crippen molar-refractivity contribution >= 4 is 25.7 Å². The van der Waals surface area contributed by atoms with E-state index in [0.717, 1.165) is 33.4 Å². The van der Waals surface area contributed by atoms with Gasteiger partial charge in [-0.3, -0.25) is 4.72 Å². The third-order valence-electron chi connectivity index (χ3n) is 6.38. The number of hydrogen-bond donors (Lipinski definition) is 1. The lowest BCUT2D eigenvalue weighted by atomic mass is 10.0. The van der Waals surface area contributed by atoms with Crippen molar-refractivity contribution in [3.63, 3.8) is 0 Å². The highest BCUT2D eigenvalue weighted by molar-refractivity contribution is 7.92. The van der Waals surface area contributed by atoms with Gasteiger partial charge >= 0.3 is 0 Å². The predicted molar refractivity (Wildman–Crippen MR) is 130 cm³/mol. The smallest absolute Gasteiger partial charge is 0.262 e. The van der Waals surface area contributed by atoms with E-state index in [1.54, 1.807) is 42.5 Å². The molecule has 174 valence electrons. The SMILES string of the molecule is Cc1cc(C)c(C)c(S(=O)(=O)Nc2ccc3c(c2)CN(S(=O)(=O)c2ccccc2)CC3)c1C.